The highest BCUT2D eigenvalue weighted by molar-refractivity contribution is 5.21. The van der Waals surface area contributed by atoms with E-state index in [1.807, 2.05) is 12.3 Å². The van der Waals surface area contributed by atoms with Crippen LogP contribution in [0.25, 0.3) is 0 Å². The van der Waals surface area contributed by atoms with E-state index >= 15 is 0 Å². The number of nitrogens with one attached hydrogen (secondary N) is 1. The summed E-state index contributed by atoms with van der Waals surface area (Å²) < 4.78 is 5.45. The van der Waals surface area contributed by atoms with Gasteiger partial charge in [0.05, 0.1) is 11.7 Å². The Morgan fingerprint density at radius 3 is 2.88 bits per heavy atom. The molecule has 1 fully saturated rings. The van der Waals surface area contributed by atoms with Crippen LogP contribution in [0.15, 0.2) is 18.3 Å². The van der Waals surface area contributed by atoms with Crippen molar-refractivity contribution >= 4 is 0 Å². The SMILES string of the molecule is CCNC(c1ncccc1C)C1CCOCC1. The molecule has 1 aromatic rings. The lowest BCUT2D eigenvalue weighted by molar-refractivity contribution is 0.0532. The molecule has 94 valence electrons. The van der Waals surface area contributed by atoms with Gasteiger partial charge in [-0.05, 0) is 43.9 Å². The first-order chi connectivity index (χ1) is 8.33. The largest absolute Gasteiger partial charge is 0.381 e. The third-order valence-electron chi connectivity index (χ3n) is 3.51. The van der Waals surface area contributed by atoms with Crippen molar-refractivity contribution in [3.8, 4) is 0 Å². The summed E-state index contributed by atoms with van der Waals surface area (Å²) in [6.07, 6.45) is 4.16. The molecule has 3 nitrogen and oxygen atoms in total. The molecule has 1 unspecified atom stereocenters. The van der Waals surface area contributed by atoms with Gasteiger partial charge in [-0.1, -0.05) is 13.0 Å². The fourth-order valence-electron chi connectivity index (χ4n) is 2.58. The zero-order valence-electron chi connectivity index (χ0n) is 10.8. The minimum absolute atomic E-state index is 0.380. The number of hydrogen-bond donors (Lipinski definition) is 1. The molecular weight excluding hydrogens is 212 g/mol. The van der Waals surface area contributed by atoms with Crippen LogP contribution in [0, 0.1) is 12.8 Å². The van der Waals surface area contributed by atoms with Crippen molar-refractivity contribution in [3.63, 3.8) is 0 Å². The van der Waals surface area contributed by atoms with Crippen molar-refractivity contribution in [1.82, 2.24) is 10.3 Å². The lowest BCUT2D eigenvalue weighted by Crippen LogP contribution is -2.33. The maximum atomic E-state index is 5.45. The highest BCUT2D eigenvalue weighted by atomic mass is 16.5. The van der Waals surface area contributed by atoms with E-state index in [0.29, 0.717) is 12.0 Å². The third kappa shape index (κ3) is 3.05. The maximum absolute atomic E-state index is 5.45. The first-order valence-electron chi connectivity index (χ1n) is 6.55. The molecule has 1 aliphatic heterocycles. The lowest BCUT2D eigenvalue weighted by Gasteiger charge is -2.31. The molecule has 0 aliphatic carbocycles. The number of pyridine rings is 1. The summed E-state index contributed by atoms with van der Waals surface area (Å²) in [6, 6.07) is 4.53. The topological polar surface area (TPSA) is 34.2 Å². The lowest BCUT2D eigenvalue weighted by atomic mass is 9.88. The summed E-state index contributed by atoms with van der Waals surface area (Å²) >= 11 is 0. The van der Waals surface area contributed by atoms with Gasteiger partial charge in [-0.25, -0.2) is 0 Å². The van der Waals surface area contributed by atoms with Gasteiger partial charge < -0.3 is 10.1 Å². The molecule has 3 heteroatoms. The molecule has 1 atom stereocenters. The van der Waals surface area contributed by atoms with Crippen molar-refractivity contribution in [2.45, 2.75) is 32.7 Å². The van der Waals surface area contributed by atoms with Crippen LogP contribution in [-0.2, 0) is 4.74 Å². The highest BCUT2D eigenvalue weighted by Crippen LogP contribution is 2.30. The van der Waals surface area contributed by atoms with Crippen LogP contribution in [0.3, 0.4) is 0 Å². The molecule has 0 radical (unpaired) electrons. The molecule has 1 N–H and O–H groups in total. The summed E-state index contributed by atoms with van der Waals surface area (Å²) in [5.41, 5.74) is 2.49. The molecule has 1 aliphatic rings. The maximum Gasteiger partial charge on any atom is 0.0605 e. The van der Waals surface area contributed by atoms with Gasteiger partial charge in [0.15, 0.2) is 0 Å². The van der Waals surface area contributed by atoms with Gasteiger partial charge in [0.25, 0.3) is 0 Å². The van der Waals surface area contributed by atoms with Crippen LogP contribution in [0.2, 0.25) is 0 Å². The van der Waals surface area contributed by atoms with Crippen LogP contribution in [0.1, 0.15) is 37.1 Å². The van der Waals surface area contributed by atoms with E-state index in [1.165, 1.54) is 11.3 Å². The molecule has 0 amide bonds. The van der Waals surface area contributed by atoms with Crippen LogP contribution < -0.4 is 5.32 Å². The minimum Gasteiger partial charge on any atom is -0.381 e. The van der Waals surface area contributed by atoms with E-state index in [9.17, 15) is 0 Å². The van der Waals surface area contributed by atoms with Gasteiger partial charge >= 0.3 is 0 Å². The van der Waals surface area contributed by atoms with Gasteiger partial charge in [-0.3, -0.25) is 4.98 Å². The van der Waals surface area contributed by atoms with E-state index in [4.69, 9.17) is 4.74 Å². The molecule has 0 bridgehead atoms. The van der Waals surface area contributed by atoms with Crippen LogP contribution >= 0.6 is 0 Å². The highest BCUT2D eigenvalue weighted by Gasteiger charge is 2.26. The first-order valence-corrected chi connectivity index (χ1v) is 6.55. The Morgan fingerprint density at radius 1 is 1.47 bits per heavy atom. The Labute approximate surface area is 104 Å². The molecular formula is C14H22N2O. The second kappa shape index (κ2) is 6.12. The van der Waals surface area contributed by atoms with Crippen molar-refractivity contribution in [2.75, 3.05) is 19.8 Å². The number of ether oxygens (including phenoxy) is 1. The van der Waals surface area contributed by atoms with Crippen LogP contribution in [-0.4, -0.2) is 24.7 Å². The molecule has 17 heavy (non-hydrogen) atoms. The average molecular weight is 234 g/mol. The Balaban J connectivity index is 2.18. The van der Waals surface area contributed by atoms with Crippen molar-refractivity contribution in [3.05, 3.63) is 29.6 Å². The van der Waals surface area contributed by atoms with Gasteiger partial charge in [0, 0.05) is 19.4 Å². The van der Waals surface area contributed by atoms with Crippen molar-refractivity contribution in [2.24, 2.45) is 5.92 Å². The number of aromatic nitrogens is 1. The summed E-state index contributed by atoms with van der Waals surface area (Å²) in [5.74, 6) is 0.650. The second-order valence-corrected chi connectivity index (χ2v) is 4.69. The van der Waals surface area contributed by atoms with Gasteiger partial charge in [0.2, 0.25) is 0 Å². The Kier molecular flexibility index (Phi) is 4.51. The molecule has 0 saturated carbocycles. The summed E-state index contributed by atoms with van der Waals surface area (Å²) in [5, 5.41) is 3.59. The Bertz CT molecular complexity index is 348. The van der Waals surface area contributed by atoms with Gasteiger partial charge in [-0.15, -0.1) is 0 Å². The summed E-state index contributed by atoms with van der Waals surface area (Å²) in [6.45, 7) is 7.06. The zero-order valence-corrected chi connectivity index (χ0v) is 10.8. The third-order valence-corrected chi connectivity index (χ3v) is 3.51. The van der Waals surface area contributed by atoms with E-state index in [2.05, 4.69) is 30.2 Å². The second-order valence-electron chi connectivity index (χ2n) is 4.69. The minimum atomic E-state index is 0.380. The summed E-state index contributed by atoms with van der Waals surface area (Å²) in [7, 11) is 0. The quantitative estimate of drug-likeness (QED) is 0.869. The van der Waals surface area contributed by atoms with E-state index in [-0.39, 0.29) is 0 Å². The standard InChI is InChI=1S/C14H22N2O/c1-3-15-14(12-6-9-17-10-7-12)13-11(2)5-4-8-16-13/h4-5,8,12,14-15H,3,6-7,9-10H2,1-2H3. The molecule has 2 rings (SSSR count). The monoisotopic (exact) mass is 234 g/mol. The van der Waals surface area contributed by atoms with Crippen LogP contribution in [0.5, 0.6) is 0 Å². The van der Waals surface area contributed by atoms with Crippen molar-refractivity contribution in [1.29, 1.82) is 0 Å². The number of rotatable bonds is 4. The predicted octanol–water partition coefficient (Wildman–Crippen LogP) is 2.47. The number of hydrogen-bond acceptors (Lipinski definition) is 3. The molecule has 0 aromatic carbocycles. The fraction of sp³-hybridized carbons (Fsp3) is 0.643. The van der Waals surface area contributed by atoms with Gasteiger partial charge in [0.1, 0.15) is 0 Å². The van der Waals surface area contributed by atoms with Crippen LogP contribution in [0.4, 0.5) is 0 Å². The number of nitrogens with zero attached hydrogens (tertiary/aromatic N) is 1. The molecule has 2 heterocycles. The van der Waals surface area contributed by atoms with Gasteiger partial charge in [-0.2, -0.15) is 0 Å². The average Bonchev–Trinajstić information content (AvgIpc) is 2.38. The van der Waals surface area contributed by atoms with Crippen molar-refractivity contribution < 1.29 is 4.74 Å². The summed E-state index contributed by atoms with van der Waals surface area (Å²) in [4.78, 5) is 4.57. The zero-order chi connectivity index (χ0) is 12.1. The predicted molar refractivity (Wildman–Crippen MR) is 68.9 cm³/mol. The number of aryl methyl sites for hydroxylation is 1. The van der Waals surface area contributed by atoms with E-state index in [0.717, 1.165) is 32.6 Å². The Hall–Kier alpha value is -0.930. The Morgan fingerprint density at radius 2 is 2.24 bits per heavy atom. The van der Waals surface area contributed by atoms with E-state index < -0.39 is 0 Å². The molecule has 0 spiro atoms. The van der Waals surface area contributed by atoms with E-state index in [1.54, 1.807) is 0 Å². The smallest absolute Gasteiger partial charge is 0.0605 e. The molecule has 1 saturated heterocycles. The first kappa shape index (κ1) is 12.5. The normalized spacial score (nSPS) is 19.2. The fourth-order valence-corrected chi connectivity index (χ4v) is 2.58. The molecule has 1 aromatic heterocycles.